The third-order valence-corrected chi connectivity index (χ3v) is 4.44. The zero-order valence-electron chi connectivity index (χ0n) is 12.6. The molecule has 0 fully saturated rings. The van der Waals surface area contributed by atoms with Crippen LogP contribution in [0.25, 0.3) is 5.69 Å². The molecule has 24 heavy (non-hydrogen) atoms. The summed E-state index contributed by atoms with van der Waals surface area (Å²) >= 11 is 5.94. The Morgan fingerprint density at radius 3 is 2.54 bits per heavy atom. The van der Waals surface area contributed by atoms with Crippen LogP contribution in [0.3, 0.4) is 0 Å². The van der Waals surface area contributed by atoms with Crippen molar-refractivity contribution in [2.75, 3.05) is 5.32 Å². The van der Waals surface area contributed by atoms with E-state index in [0.29, 0.717) is 17.3 Å². The predicted octanol–water partition coefficient (Wildman–Crippen LogP) is 3.71. The second-order valence-electron chi connectivity index (χ2n) is 5.73. The van der Waals surface area contributed by atoms with Crippen LogP contribution in [0.1, 0.15) is 23.5 Å². The van der Waals surface area contributed by atoms with Crippen LogP contribution in [0.5, 0.6) is 5.75 Å². The molecule has 0 unspecified atom stereocenters. The number of nitrogens with one attached hydrogen (secondary N) is 1. The smallest absolute Gasteiger partial charge is 0.226 e. The normalized spacial score (nSPS) is 16.5. The van der Waals surface area contributed by atoms with Crippen molar-refractivity contribution in [2.45, 2.75) is 12.3 Å². The molecule has 4 rings (SSSR count). The lowest BCUT2D eigenvalue weighted by Crippen LogP contribution is -2.24. The first-order valence-electron chi connectivity index (χ1n) is 7.54. The van der Waals surface area contributed by atoms with Gasteiger partial charge in [-0.15, -0.1) is 0 Å². The average Bonchev–Trinajstić information content (AvgIpc) is 2.99. The van der Waals surface area contributed by atoms with Crippen LogP contribution >= 0.6 is 11.6 Å². The van der Waals surface area contributed by atoms with Gasteiger partial charge < -0.3 is 10.4 Å². The first-order chi connectivity index (χ1) is 11.6. The maximum Gasteiger partial charge on any atom is 0.226 e. The summed E-state index contributed by atoms with van der Waals surface area (Å²) in [5, 5.41) is 17.5. The number of fused-ring (bicyclic) bond motifs is 1. The molecule has 6 heteroatoms. The fraction of sp³-hybridized carbons (Fsp3) is 0.111. The summed E-state index contributed by atoms with van der Waals surface area (Å²) < 4.78 is 1.70. The van der Waals surface area contributed by atoms with E-state index in [2.05, 4.69) is 10.4 Å². The molecule has 5 nitrogen and oxygen atoms in total. The minimum absolute atomic E-state index is 0.0590. The minimum Gasteiger partial charge on any atom is -0.508 e. The molecule has 0 saturated heterocycles. The molecule has 2 heterocycles. The SMILES string of the molecule is O=C1C[C@@H](c2ccc(O)cc2)c2cnn(-c3ccc(Cl)cc3)c2N1. The lowest BCUT2D eigenvalue weighted by Gasteiger charge is -2.23. The van der Waals surface area contributed by atoms with E-state index >= 15 is 0 Å². The van der Waals surface area contributed by atoms with Gasteiger partial charge in [0.2, 0.25) is 5.91 Å². The second kappa shape index (κ2) is 5.69. The zero-order valence-corrected chi connectivity index (χ0v) is 13.4. The molecule has 0 saturated carbocycles. The third-order valence-electron chi connectivity index (χ3n) is 4.19. The molecule has 0 radical (unpaired) electrons. The molecule has 2 aromatic carbocycles. The molecule has 0 aliphatic carbocycles. The van der Waals surface area contributed by atoms with Crippen LogP contribution in [0, 0.1) is 0 Å². The third kappa shape index (κ3) is 2.53. The fourth-order valence-corrected chi connectivity index (χ4v) is 3.13. The van der Waals surface area contributed by atoms with Gasteiger partial charge in [-0.1, -0.05) is 23.7 Å². The lowest BCUT2D eigenvalue weighted by atomic mass is 9.87. The van der Waals surface area contributed by atoms with Crippen molar-refractivity contribution in [3.8, 4) is 11.4 Å². The van der Waals surface area contributed by atoms with Crippen LogP contribution in [-0.2, 0) is 4.79 Å². The summed E-state index contributed by atoms with van der Waals surface area (Å²) in [6.07, 6.45) is 2.13. The first kappa shape index (κ1) is 14.8. The van der Waals surface area contributed by atoms with Gasteiger partial charge in [0.25, 0.3) is 0 Å². The Morgan fingerprint density at radius 2 is 1.83 bits per heavy atom. The monoisotopic (exact) mass is 339 g/mol. The van der Waals surface area contributed by atoms with Gasteiger partial charge in [0, 0.05) is 22.9 Å². The molecule has 1 aliphatic rings. The van der Waals surface area contributed by atoms with Crippen molar-refractivity contribution in [3.05, 3.63) is 70.9 Å². The number of phenolic OH excluding ortho intramolecular Hbond substituents is 1. The number of aromatic hydroxyl groups is 1. The molecule has 1 atom stereocenters. The highest BCUT2D eigenvalue weighted by Gasteiger charge is 2.30. The van der Waals surface area contributed by atoms with E-state index in [1.165, 1.54) is 0 Å². The number of halogens is 1. The average molecular weight is 340 g/mol. The molecule has 1 aliphatic heterocycles. The highest BCUT2D eigenvalue weighted by atomic mass is 35.5. The lowest BCUT2D eigenvalue weighted by molar-refractivity contribution is -0.116. The molecule has 0 spiro atoms. The summed E-state index contributed by atoms with van der Waals surface area (Å²) in [6.45, 7) is 0. The summed E-state index contributed by atoms with van der Waals surface area (Å²) in [7, 11) is 0. The molecule has 2 N–H and O–H groups in total. The van der Waals surface area contributed by atoms with Crippen LogP contribution in [0.2, 0.25) is 5.02 Å². The van der Waals surface area contributed by atoms with Crippen LogP contribution in [0.15, 0.2) is 54.7 Å². The molecule has 1 aromatic heterocycles. The van der Waals surface area contributed by atoms with E-state index in [1.54, 1.807) is 35.1 Å². The first-order valence-corrected chi connectivity index (χ1v) is 7.92. The predicted molar refractivity (Wildman–Crippen MR) is 91.8 cm³/mol. The quantitative estimate of drug-likeness (QED) is 0.748. The molecule has 120 valence electrons. The van der Waals surface area contributed by atoms with E-state index in [0.717, 1.165) is 16.8 Å². The molecule has 3 aromatic rings. The highest BCUT2D eigenvalue weighted by molar-refractivity contribution is 6.30. The number of phenols is 1. The van der Waals surface area contributed by atoms with Gasteiger partial charge in [-0.05, 0) is 42.0 Å². The van der Waals surface area contributed by atoms with Crippen molar-refractivity contribution in [1.82, 2.24) is 9.78 Å². The van der Waals surface area contributed by atoms with Crippen LogP contribution in [-0.4, -0.2) is 20.8 Å². The van der Waals surface area contributed by atoms with E-state index in [-0.39, 0.29) is 17.6 Å². The Labute approximate surface area is 143 Å². The van der Waals surface area contributed by atoms with Gasteiger partial charge in [0.05, 0.1) is 11.9 Å². The highest BCUT2D eigenvalue weighted by Crippen LogP contribution is 2.38. The summed E-state index contributed by atoms with van der Waals surface area (Å²) in [5.41, 5.74) is 2.75. The van der Waals surface area contributed by atoms with Gasteiger partial charge in [0.15, 0.2) is 0 Å². The van der Waals surface area contributed by atoms with E-state index in [1.807, 2.05) is 24.3 Å². The van der Waals surface area contributed by atoms with Crippen molar-refractivity contribution in [1.29, 1.82) is 0 Å². The Kier molecular flexibility index (Phi) is 3.50. The summed E-state index contributed by atoms with van der Waals surface area (Å²) in [4.78, 5) is 12.2. The van der Waals surface area contributed by atoms with Gasteiger partial charge in [-0.2, -0.15) is 5.10 Å². The van der Waals surface area contributed by atoms with Gasteiger partial charge in [-0.25, -0.2) is 4.68 Å². The summed E-state index contributed by atoms with van der Waals surface area (Å²) in [6, 6.07) is 14.2. The summed E-state index contributed by atoms with van der Waals surface area (Å²) in [5.74, 6) is 0.731. The number of anilines is 1. The Hall–Kier alpha value is -2.79. The van der Waals surface area contributed by atoms with Crippen LogP contribution < -0.4 is 5.32 Å². The van der Waals surface area contributed by atoms with E-state index < -0.39 is 0 Å². The largest absolute Gasteiger partial charge is 0.508 e. The van der Waals surface area contributed by atoms with Crippen LogP contribution in [0.4, 0.5) is 5.82 Å². The Balaban J connectivity index is 1.80. The number of rotatable bonds is 2. The number of nitrogens with zero attached hydrogens (tertiary/aromatic N) is 2. The van der Waals surface area contributed by atoms with Crippen molar-refractivity contribution < 1.29 is 9.90 Å². The Bertz CT molecular complexity index is 901. The number of amides is 1. The molecular weight excluding hydrogens is 326 g/mol. The maximum absolute atomic E-state index is 12.2. The fourth-order valence-electron chi connectivity index (χ4n) is 3.00. The van der Waals surface area contributed by atoms with E-state index in [9.17, 15) is 9.90 Å². The number of hydrogen-bond acceptors (Lipinski definition) is 3. The standard InChI is InChI=1S/C18H14ClN3O2/c19-12-3-5-13(6-4-12)22-18-16(10-20-22)15(9-17(24)21-18)11-1-7-14(23)8-2-11/h1-8,10,15,23H,9H2,(H,21,24)/t15-/m0/s1. The molecular formula is C18H14ClN3O2. The maximum atomic E-state index is 12.2. The zero-order chi connectivity index (χ0) is 16.7. The second-order valence-corrected chi connectivity index (χ2v) is 6.17. The van der Waals surface area contributed by atoms with Gasteiger partial charge in [0.1, 0.15) is 11.6 Å². The number of carbonyl (C=O) groups excluding carboxylic acids is 1. The number of aromatic nitrogens is 2. The number of benzene rings is 2. The minimum atomic E-state index is -0.0876. The molecule has 0 bridgehead atoms. The van der Waals surface area contributed by atoms with Gasteiger partial charge in [-0.3, -0.25) is 4.79 Å². The van der Waals surface area contributed by atoms with Gasteiger partial charge >= 0.3 is 0 Å². The van der Waals surface area contributed by atoms with Crippen molar-refractivity contribution in [3.63, 3.8) is 0 Å². The van der Waals surface area contributed by atoms with E-state index in [4.69, 9.17) is 11.6 Å². The van der Waals surface area contributed by atoms with Crippen molar-refractivity contribution >= 4 is 23.3 Å². The number of hydrogen-bond donors (Lipinski definition) is 2. The molecule has 1 amide bonds. The topological polar surface area (TPSA) is 67.1 Å². The Morgan fingerprint density at radius 1 is 1.12 bits per heavy atom. The van der Waals surface area contributed by atoms with Crippen molar-refractivity contribution in [2.24, 2.45) is 0 Å². The number of carbonyl (C=O) groups is 1.